The molecule has 36 heavy (non-hydrogen) atoms. The van der Waals surface area contributed by atoms with Gasteiger partial charge in [0.2, 0.25) is 5.88 Å². The summed E-state index contributed by atoms with van der Waals surface area (Å²) >= 11 is 0. The normalized spacial score (nSPS) is 11.6. The zero-order valence-electron chi connectivity index (χ0n) is 20.0. The van der Waals surface area contributed by atoms with Crippen molar-refractivity contribution in [3.63, 3.8) is 0 Å². The molecule has 0 saturated carbocycles. The Morgan fingerprint density at radius 2 is 1.75 bits per heavy atom. The van der Waals surface area contributed by atoms with E-state index in [0.29, 0.717) is 16.9 Å². The van der Waals surface area contributed by atoms with Crippen LogP contribution in [0.1, 0.15) is 16.8 Å². The van der Waals surface area contributed by atoms with Crippen molar-refractivity contribution in [2.45, 2.75) is 18.7 Å². The Morgan fingerprint density at radius 1 is 1.03 bits per heavy atom. The summed E-state index contributed by atoms with van der Waals surface area (Å²) in [6.07, 6.45) is 1.46. The third-order valence-electron chi connectivity index (χ3n) is 5.28. The number of hydrogen-bond acceptors (Lipinski definition) is 8. The number of sulfonamides is 1. The van der Waals surface area contributed by atoms with E-state index < -0.39 is 10.0 Å². The SMILES string of the molecule is COc1cc(NS(=O)(=O)c2ccc(N=Cc3c(C)[nH]n(-c4ccccc4C)c3=O)cc2)nc(OC)n1. The summed E-state index contributed by atoms with van der Waals surface area (Å²) in [6.45, 7) is 3.71. The number of methoxy groups -OCH3 is 2. The maximum absolute atomic E-state index is 12.9. The maximum Gasteiger partial charge on any atom is 0.321 e. The van der Waals surface area contributed by atoms with E-state index in [-0.39, 0.29) is 28.2 Å². The Hall–Kier alpha value is -4.45. The van der Waals surface area contributed by atoms with E-state index in [1.807, 2.05) is 31.2 Å². The molecule has 2 N–H and O–H groups in total. The smallest absolute Gasteiger partial charge is 0.321 e. The Bertz CT molecular complexity index is 1570. The summed E-state index contributed by atoms with van der Waals surface area (Å²) in [7, 11) is -1.20. The fourth-order valence-electron chi connectivity index (χ4n) is 3.39. The minimum Gasteiger partial charge on any atom is -0.481 e. The third-order valence-corrected chi connectivity index (χ3v) is 6.65. The van der Waals surface area contributed by atoms with Gasteiger partial charge in [-0.3, -0.25) is 19.6 Å². The molecule has 0 bridgehead atoms. The predicted octanol–water partition coefficient (Wildman–Crippen LogP) is 3.14. The van der Waals surface area contributed by atoms with Gasteiger partial charge in [-0.25, -0.2) is 13.1 Å². The van der Waals surface area contributed by atoms with Crippen molar-refractivity contribution in [3.8, 4) is 17.6 Å². The largest absolute Gasteiger partial charge is 0.481 e. The van der Waals surface area contributed by atoms with Crippen LogP contribution in [0, 0.1) is 13.8 Å². The van der Waals surface area contributed by atoms with Crippen molar-refractivity contribution < 1.29 is 17.9 Å². The molecule has 0 aliphatic carbocycles. The first-order valence-corrected chi connectivity index (χ1v) is 12.2. The number of aromatic nitrogens is 4. The number of nitrogens with one attached hydrogen (secondary N) is 2. The number of benzene rings is 2. The number of aromatic amines is 1. The standard InChI is InChI=1S/C24H24N6O5S/c1-15-7-5-6-8-20(15)30-23(31)19(16(2)28-30)14-25-17-9-11-18(12-10-17)36(32,33)29-21-13-22(34-3)27-24(26-21)35-4/h5-14,28H,1-4H3,(H,26,27,29). The second-order valence-electron chi connectivity index (χ2n) is 7.72. The van der Waals surface area contributed by atoms with Gasteiger partial charge in [-0.05, 0) is 49.7 Å². The van der Waals surface area contributed by atoms with E-state index in [1.54, 1.807) is 6.92 Å². The Kier molecular flexibility index (Phi) is 6.88. The van der Waals surface area contributed by atoms with Gasteiger partial charge in [0.15, 0.2) is 5.82 Å². The highest BCUT2D eigenvalue weighted by atomic mass is 32.2. The number of para-hydroxylation sites is 1. The van der Waals surface area contributed by atoms with Gasteiger partial charge in [0.05, 0.1) is 36.1 Å². The highest BCUT2D eigenvalue weighted by Gasteiger charge is 2.17. The van der Waals surface area contributed by atoms with Gasteiger partial charge in [0.1, 0.15) is 0 Å². The maximum atomic E-state index is 12.9. The number of anilines is 1. The lowest BCUT2D eigenvalue weighted by Gasteiger charge is -2.09. The van der Waals surface area contributed by atoms with Gasteiger partial charge in [-0.2, -0.15) is 9.97 Å². The summed E-state index contributed by atoms with van der Waals surface area (Å²) in [5, 5.41) is 3.07. The average Bonchev–Trinajstić information content (AvgIpc) is 3.15. The molecule has 12 heteroatoms. The molecule has 4 aromatic rings. The van der Waals surface area contributed by atoms with E-state index in [4.69, 9.17) is 9.47 Å². The quantitative estimate of drug-likeness (QED) is 0.348. The number of aryl methyl sites for hydroxylation is 2. The summed E-state index contributed by atoms with van der Waals surface area (Å²) in [5.41, 5.74) is 3.01. The molecule has 2 aromatic carbocycles. The molecule has 186 valence electrons. The summed E-state index contributed by atoms with van der Waals surface area (Å²) in [6, 6.07) is 14.7. The molecule has 0 amide bonds. The van der Waals surface area contributed by atoms with Gasteiger partial charge < -0.3 is 9.47 Å². The summed E-state index contributed by atoms with van der Waals surface area (Å²) in [4.78, 5) is 25.2. The minimum absolute atomic E-state index is 0.00210. The van der Waals surface area contributed by atoms with E-state index >= 15 is 0 Å². The van der Waals surface area contributed by atoms with Crippen LogP contribution >= 0.6 is 0 Å². The number of nitrogens with zero attached hydrogens (tertiary/aromatic N) is 4. The van der Waals surface area contributed by atoms with Crippen molar-refractivity contribution in [1.82, 2.24) is 19.7 Å². The van der Waals surface area contributed by atoms with Gasteiger partial charge in [0, 0.05) is 18.0 Å². The Balaban J connectivity index is 1.55. The first-order valence-electron chi connectivity index (χ1n) is 10.7. The lowest BCUT2D eigenvalue weighted by Crippen LogP contribution is -2.18. The van der Waals surface area contributed by atoms with Crippen LogP contribution in [-0.2, 0) is 10.0 Å². The van der Waals surface area contributed by atoms with E-state index in [2.05, 4.69) is 24.8 Å². The van der Waals surface area contributed by atoms with Crippen LogP contribution in [0.5, 0.6) is 11.9 Å². The number of ether oxygens (including phenoxy) is 2. The lowest BCUT2D eigenvalue weighted by molar-refractivity contribution is 0.353. The molecular formula is C24H24N6O5S. The molecular weight excluding hydrogens is 484 g/mol. The van der Waals surface area contributed by atoms with Crippen molar-refractivity contribution in [2.24, 2.45) is 4.99 Å². The highest BCUT2D eigenvalue weighted by molar-refractivity contribution is 7.92. The van der Waals surface area contributed by atoms with Gasteiger partial charge in [-0.15, -0.1) is 0 Å². The van der Waals surface area contributed by atoms with Crippen LogP contribution in [0.4, 0.5) is 11.5 Å². The van der Waals surface area contributed by atoms with E-state index in [1.165, 1.54) is 55.4 Å². The molecule has 0 aliphatic rings. The van der Waals surface area contributed by atoms with Crippen molar-refractivity contribution in [2.75, 3.05) is 18.9 Å². The fraction of sp³-hybridized carbons (Fsp3) is 0.167. The monoisotopic (exact) mass is 508 g/mol. The zero-order chi connectivity index (χ0) is 25.9. The Morgan fingerprint density at radius 3 is 2.42 bits per heavy atom. The molecule has 0 saturated heterocycles. The molecule has 0 unspecified atom stereocenters. The second kappa shape index (κ2) is 10.0. The Labute approximate surface area is 207 Å². The van der Waals surface area contributed by atoms with E-state index in [9.17, 15) is 13.2 Å². The lowest BCUT2D eigenvalue weighted by atomic mass is 10.2. The number of hydrogen-bond donors (Lipinski definition) is 2. The molecule has 0 fully saturated rings. The van der Waals surface area contributed by atoms with Crippen LogP contribution in [0.3, 0.4) is 0 Å². The van der Waals surface area contributed by atoms with Gasteiger partial charge >= 0.3 is 6.01 Å². The fourth-order valence-corrected chi connectivity index (χ4v) is 4.39. The van der Waals surface area contributed by atoms with Crippen molar-refractivity contribution in [1.29, 1.82) is 0 Å². The number of H-pyrrole nitrogens is 1. The molecule has 2 heterocycles. The minimum atomic E-state index is -3.95. The third kappa shape index (κ3) is 5.13. The van der Waals surface area contributed by atoms with Crippen LogP contribution in [0.15, 0.2) is 69.3 Å². The summed E-state index contributed by atoms with van der Waals surface area (Å²) < 4.78 is 39.5. The van der Waals surface area contributed by atoms with Crippen LogP contribution in [0.25, 0.3) is 5.69 Å². The summed E-state index contributed by atoms with van der Waals surface area (Å²) in [5.74, 6) is 0.138. The second-order valence-corrected chi connectivity index (χ2v) is 9.40. The van der Waals surface area contributed by atoms with E-state index in [0.717, 1.165) is 11.3 Å². The van der Waals surface area contributed by atoms with Gasteiger partial charge in [0.25, 0.3) is 15.6 Å². The molecule has 4 rings (SSSR count). The van der Waals surface area contributed by atoms with Gasteiger partial charge in [-0.1, -0.05) is 18.2 Å². The number of aliphatic imine (C=N–C) groups is 1. The van der Waals surface area contributed by atoms with Crippen molar-refractivity contribution >= 4 is 27.7 Å². The number of rotatable bonds is 8. The average molecular weight is 509 g/mol. The van der Waals surface area contributed by atoms with Crippen LogP contribution in [0.2, 0.25) is 0 Å². The van der Waals surface area contributed by atoms with Crippen LogP contribution < -0.4 is 19.8 Å². The zero-order valence-corrected chi connectivity index (χ0v) is 20.8. The molecule has 0 spiro atoms. The van der Waals surface area contributed by atoms with Crippen LogP contribution in [-0.4, -0.2) is 48.6 Å². The predicted molar refractivity (Wildman–Crippen MR) is 136 cm³/mol. The first-order chi connectivity index (χ1) is 17.2. The van der Waals surface area contributed by atoms with Crippen molar-refractivity contribution in [3.05, 3.63) is 81.8 Å². The molecule has 0 aliphatic heterocycles. The highest BCUT2D eigenvalue weighted by Crippen LogP contribution is 2.22. The molecule has 0 atom stereocenters. The molecule has 2 aromatic heterocycles. The molecule has 11 nitrogen and oxygen atoms in total. The molecule has 0 radical (unpaired) electrons. The topological polar surface area (TPSA) is 141 Å². The first kappa shape index (κ1) is 24.7.